The lowest BCUT2D eigenvalue weighted by molar-refractivity contribution is 0.413. The second-order valence-electron chi connectivity index (χ2n) is 3.85. The molecule has 2 rings (SSSR count). The van der Waals surface area contributed by atoms with Crippen LogP contribution in [0.1, 0.15) is 16.8 Å². The normalized spacial score (nSPS) is 10.1. The Morgan fingerprint density at radius 2 is 2.06 bits per heavy atom. The summed E-state index contributed by atoms with van der Waals surface area (Å²) >= 11 is 0. The van der Waals surface area contributed by atoms with Crippen molar-refractivity contribution in [2.45, 2.75) is 13.3 Å². The molecule has 1 aromatic carbocycles. The highest BCUT2D eigenvalue weighted by molar-refractivity contribution is 5.29. The van der Waals surface area contributed by atoms with Crippen LogP contribution in [-0.2, 0) is 6.42 Å². The molecule has 0 radical (unpaired) electrons. The van der Waals surface area contributed by atoms with E-state index < -0.39 is 0 Å². The van der Waals surface area contributed by atoms with Crippen molar-refractivity contribution in [3.63, 3.8) is 0 Å². The molecule has 0 aliphatic rings. The van der Waals surface area contributed by atoms with Crippen LogP contribution in [0.5, 0.6) is 5.75 Å². The first kappa shape index (κ1) is 10.7. The number of hydrogen-bond acceptors (Lipinski definition) is 2. The predicted octanol–water partition coefficient (Wildman–Crippen LogP) is 2.99. The summed E-state index contributed by atoms with van der Waals surface area (Å²) in [4.78, 5) is 4.33. The molecule has 1 aromatic heterocycles. The van der Waals surface area contributed by atoms with Crippen LogP contribution >= 0.6 is 0 Å². The largest absolute Gasteiger partial charge is 0.497 e. The van der Waals surface area contributed by atoms with Gasteiger partial charge in [0.05, 0.1) is 7.11 Å². The number of ether oxygens (including phenoxy) is 1. The Hall–Kier alpha value is -1.83. The van der Waals surface area contributed by atoms with Crippen molar-refractivity contribution in [3.8, 4) is 5.75 Å². The maximum Gasteiger partial charge on any atom is 0.122 e. The Morgan fingerprint density at radius 3 is 2.81 bits per heavy atom. The lowest BCUT2D eigenvalue weighted by Crippen LogP contribution is -1.93. The Kier molecular flexibility index (Phi) is 3.20. The minimum atomic E-state index is 0.846. The molecule has 0 unspecified atom stereocenters. The molecule has 0 aliphatic carbocycles. The number of pyridine rings is 1. The fourth-order valence-electron chi connectivity index (χ4n) is 1.71. The van der Waals surface area contributed by atoms with Crippen molar-refractivity contribution < 1.29 is 4.74 Å². The minimum absolute atomic E-state index is 0.846. The van der Waals surface area contributed by atoms with Gasteiger partial charge < -0.3 is 4.74 Å². The van der Waals surface area contributed by atoms with Gasteiger partial charge in [-0.2, -0.15) is 0 Å². The molecular formula is C14H15NO. The van der Waals surface area contributed by atoms with Crippen molar-refractivity contribution in [2.24, 2.45) is 0 Å². The average Bonchev–Trinajstić information content (AvgIpc) is 2.29. The minimum Gasteiger partial charge on any atom is -0.497 e. The molecule has 2 heteroatoms. The van der Waals surface area contributed by atoms with Gasteiger partial charge in [-0.3, -0.25) is 4.98 Å². The van der Waals surface area contributed by atoms with E-state index in [1.54, 1.807) is 13.3 Å². The predicted molar refractivity (Wildman–Crippen MR) is 64.8 cm³/mol. The fourth-order valence-corrected chi connectivity index (χ4v) is 1.71. The van der Waals surface area contributed by atoms with E-state index in [1.807, 2.05) is 12.1 Å². The molecule has 0 aliphatic heterocycles. The number of rotatable bonds is 3. The zero-order chi connectivity index (χ0) is 11.4. The molecule has 0 saturated carbocycles. The second kappa shape index (κ2) is 4.79. The zero-order valence-corrected chi connectivity index (χ0v) is 9.60. The van der Waals surface area contributed by atoms with Gasteiger partial charge in [-0.1, -0.05) is 29.8 Å². The van der Waals surface area contributed by atoms with Gasteiger partial charge in [0.25, 0.3) is 0 Å². The second-order valence-corrected chi connectivity index (χ2v) is 3.85. The monoisotopic (exact) mass is 213 g/mol. The first-order chi connectivity index (χ1) is 7.78. The van der Waals surface area contributed by atoms with Gasteiger partial charge in [0.1, 0.15) is 5.75 Å². The molecule has 0 saturated heterocycles. The molecule has 2 aromatic rings. The molecular weight excluding hydrogens is 198 g/mol. The maximum absolute atomic E-state index is 5.18. The SMILES string of the molecule is COc1ccnc(Cc2cccc(C)c2)c1. The molecule has 16 heavy (non-hydrogen) atoms. The Balaban J connectivity index is 2.20. The number of benzene rings is 1. The molecule has 0 bridgehead atoms. The van der Waals surface area contributed by atoms with E-state index >= 15 is 0 Å². The van der Waals surface area contributed by atoms with Crippen LogP contribution in [0.3, 0.4) is 0 Å². The topological polar surface area (TPSA) is 22.1 Å². The summed E-state index contributed by atoms with van der Waals surface area (Å²) in [5, 5.41) is 0. The highest BCUT2D eigenvalue weighted by atomic mass is 16.5. The van der Waals surface area contributed by atoms with E-state index in [0.29, 0.717) is 0 Å². The molecule has 2 nitrogen and oxygen atoms in total. The smallest absolute Gasteiger partial charge is 0.122 e. The van der Waals surface area contributed by atoms with Gasteiger partial charge in [-0.05, 0) is 18.6 Å². The van der Waals surface area contributed by atoms with E-state index in [9.17, 15) is 0 Å². The third kappa shape index (κ3) is 2.60. The van der Waals surface area contributed by atoms with Crippen molar-refractivity contribution in [2.75, 3.05) is 7.11 Å². The van der Waals surface area contributed by atoms with Gasteiger partial charge in [0.2, 0.25) is 0 Å². The summed E-state index contributed by atoms with van der Waals surface area (Å²) in [5.41, 5.74) is 3.59. The van der Waals surface area contributed by atoms with Gasteiger partial charge in [0, 0.05) is 24.4 Å². The third-order valence-electron chi connectivity index (χ3n) is 2.49. The summed E-state index contributed by atoms with van der Waals surface area (Å²) in [6, 6.07) is 12.3. The third-order valence-corrected chi connectivity index (χ3v) is 2.49. The number of nitrogens with zero attached hydrogens (tertiary/aromatic N) is 1. The quantitative estimate of drug-likeness (QED) is 0.782. The van der Waals surface area contributed by atoms with Crippen molar-refractivity contribution in [3.05, 3.63) is 59.4 Å². The Labute approximate surface area is 95.9 Å². The van der Waals surface area contributed by atoms with Gasteiger partial charge >= 0.3 is 0 Å². The van der Waals surface area contributed by atoms with Crippen LogP contribution in [-0.4, -0.2) is 12.1 Å². The molecule has 0 fully saturated rings. The van der Waals surface area contributed by atoms with E-state index in [2.05, 4.69) is 36.2 Å². The van der Waals surface area contributed by atoms with E-state index in [1.165, 1.54) is 11.1 Å². The first-order valence-corrected chi connectivity index (χ1v) is 5.32. The molecule has 0 atom stereocenters. The van der Waals surface area contributed by atoms with Crippen LogP contribution in [0.4, 0.5) is 0 Å². The Bertz CT molecular complexity index is 480. The lowest BCUT2D eigenvalue weighted by Gasteiger charge is -2.04. The molecule has 82 valence electrons. The standard InChI is InChI=1S/C14H15NO/c1-11-4-3-5-12(8-11)9-13-10-14(16-2)6-7-15-13/h3-8,10H,9H2,1-2H3. The summed E-state index contributed by atoms with van der Waals surface area (Å²) in [6.45, 7) is 2.10. The zero-order valence-electron chi connectivity index (χ0n) is 9.60. The Morgan fingerprint density at radius 1 is 1.19 bits per heavy atom. The number of hydrogen-bond donors (Lipinski definition) is 0. The number of aryl methyl sites for hydroxylation is 1. The van der Waals surface area contributed by atoms with E-state index in [4.69, 9.17) is 4.74 Å². The fraction of sp³-hybridized carbons (Fsp3) is 0.214. The molecule has 0 spiro atoms. The van der Waals surface area contributed by atoms with Crippen LogP contribution < -0.4 is 4.74 Å². The van der Waals surface area contributed by atoms with Gasteiger partial charge in [0.15, 0.2) is 0 Å². The van der Waals surface area contributed by atoms with Crippen molar-refractivity contribution in [1.82, 2.24) is 4.98 Å². The highest BCUT2D eigenvalue weighted by Crippen LogP contribution is 2.14. The van der Waals surface area contributed by atoms with Gasteiger partial charge in [-0.25, -0.2) is 0 Å². The summed E-state index contributed by atoms with van der Waals surface area (Å²) in [5.74, 6) is 0.859. The van der Waals surface area contributed by atoms with E-state index in [0.717, 1.165) is 17.9 Å². The van der Waals surface area contributed by atoms with Crippen molar-refractivity contribution in [1.29, 1.82) is 0 Å². The maximum atomic E-state index is 5.18. The first-order valence-electron chi connectivity index (χ1n) is 5.32. The van der Waals surface area contributed by atoms with Crippen LogP contribution in [0, 0.1) is 6.92 Å². The molecule has 0 N–H and O–H groups in total. The summed E-state index contributed by atoms with van der Waals surface area (Å²) in [6.07, 6.45) is 2.63. The van der Waals surface area contributed by atoms with Crippen molar-refractivity contribution >= 4 is 0 Å². The summed E-state index contributed by atoms with van der Waals surface area (Å²) in [7, 11) is 1.67. The van der Waals surface area contributed by atoms with Crippen LogP contribution in [0.15, 0.2) is 42.6 Å². The van der Waals surface area contributed by atoms with E-state index in [-0.39, 0.29) is 0 Å². The lowest BCUT2D eigenvalue weighted by atomic mass is 10.1. The number of methoxy groups -OCH3 is 1. The van der Waals surface area contributed by atoms with Crippen LogP contribution in [0.25, 0.3) is 0 Å². The van der Waals surface area contributed by atoms with Crippen LogP contribution in [0.2, 0.25) is 0 Å². The number of aromatic nitrogens is 1. The molecule has 0 amide bonds. The van der Waals surface area contributed by atoms with Gasteiger partial charge in [-0.15, -0.1) is 0 Å². The highest BCUT2D eigenvalue weighted by Gasteiger charge is 1.99. The summed E-state index contributed by atoms with van der Waals surface area (Å²) < 4.78 is 5.18. The molecule has 1 heterocycles. The average molecular weight is 213 g/mol.